The Balaban J connectivity index is 1.43. The lowest BCUT2D eigenvalue weighted by Crippen LogP contribution is -2.63. The largest absolute Gasteiger partial charge is 0.481 e. The topological polar surface area (TPSA) is 105 Å². The zero-order valence-corrected chi connectivity index (χ0v) is 18.5. The Morgan fingerprint density at radius 3 is 2.41 bits per heavy atom. The van der Waals surface area contributed by atoms with Gasteiger partial charge in [-0.25, -0.2) is 4.79 Å². The van der Waals surface area contributed by atoms with Crippen LogP contribution in [0.15, 0.2) is 42.7 Å². The predicted molar refractivity (Wildman–Crippen MR) is 115 cm³/mol. The molecule has 2 aliphatic heterocycles. The third kappa shape index (κ3) is 4.32. The van der Waals surface area contributed by atoms with Gasteiger partial charge in [-0.15, -0.1) is 0 Å². The second-order valence-corrected chi connectivity index (χ2v) is 9.69. The van der Waals surface area contributed by atoms with Crippen LogP contribution < -0.4 is 0 Å². The lowest BCUT2D eigenvalue weighted by Gasteiger charge is -2.49. The summed E-state index contributed by atoms with van der Waals surface area (Å²) in [6.45, 7) is 6.82. The summed E-state index contributed by atoms with van der Waals surface area (Å²) in [5, 5.41) is 14.1. The van der Waals surface area contributed by atoms with Crippen LogP contribution in [0.3, 0.4) is 0 Å². The van der Waals surface area contributed by atoms with Gasteiger partial charge < -0.3 is 19.6 Å². The molecule has 9 nitrogen and oxygen atoms in total. The first-order valence-corrected chi connectivity index (χ1v) is 10.6. The highest BCUT2D eigenvalue weighted by molar-refractivity contribution is 5.94. The fourth-order valence-electron chi connectivity index (χ4n) is 4.47. The molecule has 3 heterocycles. The van der Waals surface area contributed by atoms with Gasteiger partial charge in [0, 0.05) is 37.8 Å². The summed E-state index contributed by atoms with van der Waals surface area (Å²) < 4.78 is 7.07. The molecule has 0 radical (unpaired) electrons. The number of ether oxygens (including phenoxy) is 1. The van der Waals surface area contributed by atoms with Gasteiger partial charge in [0.15, 0.2) is 0 Å². The maximum Gasteiger partial charge on any atom is 0.410 e. The van der Waals surface area contributed by atoms with Gasteiger partial charge in [-0.3, -0.25) is 14.3 Å². The Hall–Kier alpha value is -3.36. The molecule has 1 atom stereocenters. The zero-order valence-electron chi connectivity index (χ0n) is 18.5. The van der Waals surface area contributed by atoms with Gasteiger partial charge >= 0.3 is 12.1 Å². The second kappa shape index (κ2) is 7.96. The molecular weight excluding hydrogens is 412 g/mol. The Labute approximate surface area is 186 Å². The summed E-state index contributed by atoms with van der Waals surface area (Å²) in [4.78, 5) is 40.4. The number of amides is 2. The van der Waals surface area contributed by atoms with Crippen LogP contribution in [0.5, 0.6) is 0 Å². The van der Waals surface area contributed by atoms with Gasteiger partial charge in [-0.2, -0.15) is 5.10 Å². The minimum Gasteiger partial charge on any atom is -0.481 e. The molecule has 2 fully saturated rings. The zero-order chi connectivity index (χ0) is 23.1. The van der Waals surface area contributed by atoms with Crippen LogP contribution in [0.1, 0.15) is 36.7 Å². The average molecular weight is 441 g/mol. The number of carbonyl (C=O) groups is 3. The number of carboxylic acids is 1. The van der Waals surface area contributed by atoms with Crippen molar-refractivity contribution < 1.29 is 24.2 Å². The number of hydrogen-bond acceptors (Lipinski definition) is 5. The van der Waals surface area contributed by atoms with E-state index in [1.807, 2.05) is 30.3 Å². The molecule has 4 rings (SSSR count). The summed E-state index contributed by atoms with van der Waals surface area (Å²) in [7, 11) is 0. The smallest absolute Gasteiger partial charge is 0.410 e. The van der Waals surface area contributed by atoms with Crippen molar-refractivity contribution in [2.45, 2.75) is 32.9 Å². The summed E-state index contributed by atoms with van der Waals surface area (Å²) in [6.07, 6.45) is 2.74. The maximum atomic E-state index is 13.1. The molecule has 1 aromatic carbocycles. The van der Waals surface area contributed by atoms with Gasteiger partial charge in [0.1, 0.15) is 5.60 Å². The van der Waals surface area contributed by atoms with Crippen LogP contribution in [0.2, 0.25) is 0 Å². The van der Waals surface area contributed by atoms with E-state index in [1.165, 1.54) is 11.1 Å². The number of aliphatic carboxylic acids is 1. The van der Waals surface area contributed by atoms with Crippen molar-refractivity contribution in [1.29, 1.82) is 0 Å². The fraction of sp³-hybridized carbons (Fsp3) is 0.478. The normalized spacial score (nSPS) is 19.7. The minimum atomic E-state index is -0.955. The number of hydrogen-bond donors (Lipinski definition) is 1. The van der Waals surface area contributed by atoms with E-state index in [-0.39, 0.29) is 32.1 Å². The summed E-state index contributed by atoms with van der Waals surface area (Å²) in [5.41, 5.74) is 0.213. The van der Waals surface area contributed by atoms with E-state index in [2.05, 4.69) is 5.10 Å². The number of aromatic nitrogens is 2. The summed E-state index contributed by atoms with van der Waals surface area (Å²) in [6, 6.07) is 9.80. The molecule has 170 valence electrons. The number of carboxylic acid groups (broad SMARTS) is 1. The highest BCUT2D eigenvalue weighted by Gasteiger charge is 2.59. The van der Waals surface area contributed by atoms with Crippen molar-refractivity contribution in [2.75, 3.05) is 26.2 Å². The third-order valence-electron chi connectivity index (χ3n) is 5.96. The lowest BCUT2D eigenvalue weighted by molar-refractivity contribution is -0.149. The molecule has 9 heteroatoms. The monoisotopic (exact) mass is 440 g/mol. The number of benzene rings is 1. The molecule has 0 aliphatic carbocycles. The van der Waals surface area contributed by atoms with Crippen LogP contribution in [0.4, 0.5) is 4.79 Å². The van der Waals surface area contributed by atoms with E-state index < -0.39 is 29.0 Å². The number of likely N-dealkylation sites (tertiary alicyclic amines) is 2. The van der Waals surface area contributed by atoms with Gasteiger partial charge in [0.25, 0.3) is 5.91 Å². The molecule has 1 N–H and O–H groups in total. The molecule has 2 aromatic rings. The Kier molecular flexibility index (Phi) is 5.44. The number of rotatable bonds is 4. The molecular formula is C23H28N4O5. The molecule has 1 aromatic heterocycles. The van der Waals surface area contributed by atoms with Crippen LogP contribution >= 0.6 is 0 Å². The van der Waals surface area contributed by atoms with E-state index in [9.17, 15) is 19.5 Å². The quantitative estimate of drug-likeness (QED) is 0.782. The van der Waals surface area contributed by atoms with E-state index in [0.717, 1.165) is 5.56 Å². The van der Waals surface area contributed by atoms with Crippen LogP contribution in [0.25, 0.3) is 0 Å². The van der Waals surface area contributed by atoms with E-state index >= 15 is 0 Å². The van der Waals surface area contributed by atoms with Gasteiger partial charge in [-0.1, -0.05) is 30.3 Å². The van der Waals surface area contributed by atoms with E-state index in [0.29, 0.717) is 12.1 Å². The molecule has 0 saturated carbocycles. The molecule has 0 bridgehead atoms. The molecule has 1 unspecified atom stereocenters. The van der Waals surface area contributed by atoms with Crippen molar-refractivity contribution in [3.05, 3.63) is 53.9 Å². The van der Waals surface area contributed by atoms with Crippen molar-refractivity contribution >= 4 is 18.0 Å². The predicted octanol–water partition coefficient (Wildman–Crippen LogP) is 2.33. The van der Waals surface area contributed by atoms with E-state index in [1.54, 1.807) is 36.5 Å². The Morgan fingerprint density at radius 2 is 1.78 bits per heavy atom. The molecule has 1 spiro atoms. The first-order chi connectivity index (χ1) is 15.1. The first-order valence-electron chi connectivity index (χ1n) is 10.6. The van der Waals surface area contributed by atoms with Crippen LogP contribution in [0, 0.1) is 11.3 Å². The Morgan fingerprint density at radius 1 is 1.12 bits per heavy atom. The van der Waals surface area contributed by atoms with Crippen molar-refractivity contribution in [2.24, 2.45) is 11.3 Å². The standard InChI is InChI=1S/C23H28N4O5/c1-22(2,3)32-21(31)26-14-23(15-26)13-25(12-18(23)20(29)30)19(28)17-9-24-27(11-17)10-16-7-5-4-6-8-16/h4-9,11,18H,10,12-15H2,1-3H3,(H,29,30). The number of nitrogens with zero attached hydrogens (tertiary/aromatic N) is 4. The highest BCUT2D eigenvalue weighted by Crippen LogP contribution is 2.45. The lowest BCUT2D eigenvalue weighted by atomic mass is 9.72. The van der Waals surface area contributed by atoms with Gasteiger partial charge in [-0.05, 0) is 26.3 Å². The Bertz CT molecular complexity index is 1020. The molecule has 2 aliphatic rings. The highest BCUT2D eigenvalue weighted by atomic mass is 16.6. The van der Waals surface area contributed by atoms with Crippen LogP contribution in [-0.2, 0) is 16.1 Å². The molecule has 32 heavy (non-hydrogen) atoms. The van der Waals surface area contributed by atoms with Gasteiger partial charge in [0.2, 0.25) is 0 Å². The minimum absolute atomic E-state index is 0.111. The number of carbonyl (C=O) groups excluding carboxylic acids is 2. The first kappa shape index (κ1) is 21.9. The van der Waals surface area contributed by atoms with Crippen molar-refractivity contribution in [1.82, 2.24) is 19.6 Å². The van der Waals surface area contributed by atoms with Gasteiger partial charge in [0.05, 0.1) is 24.2 Å². The summed E-state index contributed by atoms with van der Waals surface area (Å²) >= 11 is 0. The second-order valence-electron chi connectivity index (χ2n) is 9.69. The average Bonchev–Trinajstić information content (AvgIpc) is 3.31. The van der Waals surface area contributed by atoms with Crippen molar-refractivity contribution in [3.8, 4) is 0 Å². The SMILES string of the molecule is CC(C)(C)OC(=O)N1CC2(C1)CN(C(=O)c1cnn(Cc3ccccc3)c1)CC2C(=O)O. The molecule has 2 saturated heterocycles. The van der Waals surface area contributed by atoms with E-state index in [4.69, 9.17) is 4.74 Å². The maximum absolute atomic E-state index is 13.1. The third-order valence-corrected chi connectivity index (χ3v) is 5.96. The van der Waals surface area contributed by atoms with Crippen LogP contribution in [-0.4, -0.2) is 74.4 Å². The molecule has 2 amide bonds. The fourth-order valence-corrected chi connectivity index (χ4v) is 4.47. The van der Waals surface area contributed by atoms with Crippen molar-refractivity contribution in [3.63, 3.8) is 0 Å². The summed E-state index contributed by atoms with van der Waals surface area (Å²) in [5.74, 6) is -1.93.